The number of hydrogen-bond donors (Lipinski definition) is 2. The molecular weight excluding hydrogens is 280 g/mol. The van der Waals surface area contributed by atoms with Gasteiger partial charge in [-0.25, -0.2) is 0 Å². The van der Waals surface area contributed by atoms with Crippen molar-refractivity contribution in [1.82, 2.24) is 0 Å². The maximum Gasteiger partial charge on any atom is 0.115 e. The summed E-state index contributed by atoms with van der Waals surface area (Å²) >= 11 is 3.35. The van der Waals surface area contributed by atoms with Crippen LogP contribution in [0.5, 0.6) is 5.75 Å². The number of anilines is 1. The number of phenols is 1. The third-order valence-electron chi connectivity index (χ3n) is 2.24. The smallest absolute Gasteiger partial charge is 0.115 e. The monoisotopic (exact) mass is 290 g/mol. The second-order valence-electron chi connectivity index (χ2n) is 3.56. The SMILES string of the molecule is Nc1ccc(N=Cc2ccc(O)cc2)cc1Br. The fourth-order valence-corrected chi connectivity index (χ4v) is 1.67. The van der Waals surface area contributed by atoms with Gasteiger partial charge in [0.15, 0.2) is 0 Å². The van der Waals surface area contributed by atoms with E-state index >= 15 is 0 Å². The molecule has 2 rings (SSSR count). The van der Waals surface area contributed by atoms with Crippen molar-refractivity contribution in [2.75, 3.05) is 5.73 Å². The van der Waals surface area contributed by atoms with E-state index in [0.717, 1.165) is 15.7 Å². The molecule has 0 saturated carbocycles. The Bertz CT molecular complexity index is 550. The molecule has 0 radical (unpaired) electrons. The molecule has 0 aliphatic heterocycles. The number of nitrogen functional groups attached to an aromatic ring is 1. The van der Waals surface area contributed by atoms with Gasteiger partial charge in [0, 0.05) is 16.4 Å². The van der Waals surface area contributed by atoms with Crippen molar-refractivity contribution in [3.05, 3.63) is 52.5 Å². The summed E-state index contributed by atoms with van der Waals surface area (Å²) < 4.78 is 0.831. The lowest BCUT2D eigenvalue weighted by molar-refractivity contribution is 0.475. The van der Waals surface area contributed by atoms with Crippen molar-refractivity contribution in [2.24, 2.45) is 4.99 Å². The van der Waals surface area contributed by atoms with E-state index in [-0.39, 0.29) is 5.75 Å². The van der Waals surface area contributed by atoms with Gasteiger partial charge in [0.05, 0.1) is 5.69 Å². The standard InChI is InChI=1S/C13H11BrN2O/c14-12-7-10(3-6-13(12)15)16-8-9-1-4-11(17)5-2-9/h1-8,17H,15H2. The van der Waals surface area contributed by atoms with Crippen LogP contribution in [-0.2, 0) is 0 Å². The van der Waals surface area contributed by atoms with Crippen molar-refractivity contribution in [3.63, 3.8) is 0 Å². The minimum atomic E-state index is 0.248. The van der Waals surface area contributed by atoms with Crippen LogP contribution in [0.1, 0.15) is 5.56 Å². The van der Waals surface area contributed by atoms with Gasteiger partial charge in [-0.3, -0.25) is 4.99 Å². The van der Waals surface area contributed by atoms with Crippen LogP contribution < -0.4 is 5.73 Å². The number of benzene rings is 2. The van der Waals surface area contributed by atoms with Gasteiger partial charge in [0.2, 0.25) is 0 Å². The minimum Gasteiger partial charge on any atom is -0.508 e. The summed E-state index contributed by atoms with van der Waals surface area (Å²) in [4.78, 5) is 4.32. The predicted octanol–water partition coefficient (Wildman–Crippen LogP) is 3.49. The minimum absolute atomic E-state index is 0.248. The van der Waals surface area contributed by atoms with E-state index in [1.807, 2.05) is 12.1 Å². The maximum absolute atomic E-state index is 9.14. The zero-order chi connectivity index (χ0) is 12.3. The summed E-state index contributed by atoms with van der Waals surface area (Å²) in [7, 11) is 0. The highest BCUT2D eigenvalue weighted by atomic mass is 79.9. The molecule has 0 amide bonds. The molecule has 0 atom stereocenters. The first-order valence-corrected chi connectivity index (χ1v) is 5.82. The van der Waals surface area contributed by atoms with E-state index in [9.17, 15) is 0 Å². The van der Waals surface area contributed by atoms with Crippen LogP contribution in [0, 0.1) is 0 Å². The highest BCUT2D eigenvalue weighted by molar-refractivity contribution is 9.10. The zero-order valence-electron chi connectivity index (χ0n) is 8.97. The van der Waals surface area contributed by atoms with Gasteiger partial charge >= 0.3 is 0 Å². The fourth-order valence-electron chi connectivity index (χ4n) is 1.31. The number of halogens is 1. The average molecular weight is 291 g/mol. The van der Waals surface area contributed by atoms with E-state index in [1.54, 1.807) is 36.5 Å². The second kappa shape index (κ2) is 5.01. The van der Waals surface area contributed by atoms with Crippen LogP contribution in [0.3, 0.4) is 0 Å². The molecule has 4 heteroatoms. The number of phenolic OH excluding ortho intramolecular Hbond substituents is 1. The van der Waals surface area contributed by atoms with E-state index in [4.69, 9.17) is 10.8 Å². The molecule has 0 saturated heterocycles. The molecule has 0 fully saturated rings. The largest absolute Gasteiger partial charge is 0.508 e. The number of rotatable bonds is 2. The van der Waals surface area contributed by atoms with Gasteiger partial charge in [-0.15, -0.1) is 0 Å². The van der Waals surface area contributed by atoms with E-state index in [1.165, 1.54) is 0 Å². The van der Waals surface area contributed by atoms with Crippen LogP contribution in [0.15, 0.2) is 51.9 Å². The van der Waals surface area contributed by atoms with Crippen LogP contribution in [-0.4, -0.2) is 11.3 Å². The molecule has 0 aliphatic rings. The normalized spacial score (nSPS) is 10.9. The summed E-state index contributed by atoms with van der Waals surface area (Å²) in [6.45, 7) is 0. The summed E-state index contributed by atoms with van der Waals surface area (Å²) in [6, 6.07) is 12.3. The Morgan fingerprint density at radius 1 is 1.12 bits per heavy atom. The average Bonchev–Trinajstić information content (AvgIpc) is 2.33. The van der Waals surface area contributed by atoms with Crippen LogP contribution in [0.4, 0.5) is 11.4 Å². The predicted molar refractivity (Wildman–Crippen MR) is 73.9 cm³/mol. The first-order valence-electron chi connectivity index (χ1n) is 5.03. The highest BCUT2D eigenvalue weighted by Gasteiger charge is 1.96. The molecule has 0 unspecified atom stereocenters. The van der Waals surface area contributed by atoms with Gasteiger partial charge < -0.3 is 10.8 Å². The third kappa shape index (κ3) is 3.07. The number of nitrogens with zero attached hydrogens (tertiary/aromatic N) is 1. The maximum atomic E-state index is 9.14. The first-order chi connectivity index (χ1) is 8.15. The Hall–Kier alpha value is -1.81. The Morgan fingerprint density at radius 3 is 2.47 bits per heavy atom. The summed E-state index contributed by atoms with van der Waals surface area (Å²) in [5, 5.41) is 9.14. The van der Waals surface area contributed by atoms with Crippen molar-refractivity contribution >= 4 is 33.5 Å². The van der Waals surface area contributed by atoms with Gasteiger partial charge in [-0.1, -0.05) is 0 Å². The van der Waals surface area contributed by atoms with Crippen molar-refractivity contribution < 1.29 is 5.11 Å². The highest BCUT2D eigenvalue weighted by Crippen LogP contribution is 2.24. The molecule has 0 heterocycles. The molecule has 0 aromatic heterocycles. The van der Waals surface area contributed by atoms with Crippen LogP contribution >= 0.6 is 15.9 Å². The van der Waals surface area contributed by atoms with E-state index in [2.05, 4.69) is 20.9 Å². The van der Waals surface area contributed by atoms with Crippen molar-refractivity contribution in [2.45, 2.75) is 0 Å². The third-order valence-corrected chi connectivity index (χ3v) is 2.93. The van der Waals surface area contributed by atoms with Crippen molar-refractivity contribution in [3.8, 4) is 5.75 Å². The topological polar surface area (TPSA) is 58.6 Å². The lowest BCUT2D eigenvalue weighted by Crippen LogP contribution is -1.85. The Kier molecular flexibility index (Phi) is 3.44. The molecule has 3 N–H and O–H groups in total. The quantitative estimate of drug-likeness (QED) is 0.657. The number of aromatic hydroxyl groups is 1. The molecule has 3 nitrogen and oxygen atoms in total. The lowest BCUT2D eigenvalue weighted by atomic mass is 10.2. The van der Waals surface area contributed by atoms with Gasteiger partial charge in [0.25, 0.3) is 0 Å². The molecule has 2 aromatic rings. The summed E-state index contributed by atoms with van der Waals surface area (Å²) in [6.07, 6.45) is 1.73. The van der Waals surface area contributed by atoms with E-state index in [0.29, 0.717) is 5.69 Å². The van der Waals surface area contributed by atoms with Gasteiger partial charge in [-0.05, 0) is 64.0 Å². The number of hydrogen-bond acceptors (Lipinski definition) is 3. The van der Waals surface area contributed by atoms with E-state index < -0.39 is 0 Å². The molecule has 0 aliphatic carbocycles. The van der Waals surface area contributed by atoms with Crippen LogP contribution in [0.25, 0.3) is 0 Å². The Balaban J connectivity index is 2.20. The molecular formula is C13H11BrN2O. The first kappa shape index (κ1) is 11.7. The fraction of sp³-hybridized carbons (Fsp3) is 0. The number of aliphatic imine (C=N–C) groups is 1. The molecule has 86 valence electrons. The lowest BCUT2D eigenvalue weighted by Gasteiger charge is -1.99. The molecule has 0 bridgehead atoms. The zero-order valence-corrected chi connectivity index (χ0v) is 10.6. The van der Waals surface area contributed by atoms with Crippen molar-refractivity contribution in [1.29, 1.82) is 0 Å². The summed E-state index contributed by atoms with van der Waals surface area (Å²) in [5.41, 5.74) is 8.12. The van der Waals surface area contributed by atoms with Crippen LogP contribution in [0.2, 0.25) is 0 Å². The molecule has 17 heavy (non-hydrogen) atoms. The van der Waals surface area contributed by atoms with Gasteiger partial charge in [0.1, 0.15) is 5.75 Å². The Morgan fingerprint density at radius 2 is 1.82 bits per heavy atom. The second-order valence-corrected chi connectivity index (χ2v) is 4.41. The number of nitrogens with two attached hydrogens (primary N) is 1. The van der Waals surface area contributed by atoms with Gasteiger partial charge in [-0.2, -0.15) is 0 Å². The molecule has 2 aromatic carbocycles. The molecule has 0 spiro atoms. The summed E-state index contributed by atoms with van der Waals surface area (Å²) in [5.74, 6) is 0.248. The Labute approximate surface area is 108 Å².